The van der Waals surface area contributed by atoms with Gasteiger partial charge in [-0.25, -0.2) is 0 Å². The molecular formula is C66H113N7O45S3. The van der Waals surface area contributed by atoms with Crippen molar-refractivity contribution in [2.45, 2.75) is 308 Å². The molecule has 700 valence electrons. The molecular weight excluding hydrogens is 1710 g/mol. The van der Waals surface area contributed by atoms with E-state index in [0.29, 0.717) is 12.8 Å². The molecule has 23 aliphatic rings. The summed E-state index contributed by atoms with van der Waals surface area (Å²) in [5.74, 6) is -0.509. The standard InChI is InChI=1S/C66H113N7O45S3/c74-9-19-28(83)30(85)39(94)55(103-19)72-65(120)68-6-17(7-69-66(121)73-56-40(95)31(86)29(84)20(10-75)104-56)71-27(82)4-2-1-3-5-67-64(119)70-8-18-48-32(87)41(96)57(105-18)113-49-21(11-76)107-59(43(98)34(49)89)115-51-23(13-78)109-61(45(100)36(51)91)117-53-25(15-80)111-63(47(102)38(53)93)118-54-26(16-81)110-62(46(101)37(54)92)116-52-24(14-79)108-60(44(99)35(52)90)114-50-22(12-77)106-58(112-48)42(97)33(50)88/h17-26,28-63,74-81,83-102H,1-16H2,(H,71,82)(H2,67,70,119)(H2,68,72,120)(H2,69,73,121)/t18-,19-,20-,21-,22-,23-,24-,25-,26-,28-,29-,30+,31+,32-,33-,34-,35-,36-,37-,38-,39+,40+,41-,42-,43-,44-,45-,46-,47-,48-,49-,50-,51-,52-,53-,54-,55+,56+,57-,58-,59-,60-,61-,62-,63-/m1/s1. The Bertz CT molecular complexity index is 3150. The molecule has 35 N–H and O–H groups in total. The molecule has 0 spiro atoms. The van der Waals surface area contributed by atoms with E-state index in [0.717, 1.165) is 0 Å². The van der Waals surface area contributed by atoms with Gasteiger partial charge in [0, 0.05) is 32.6 Å². The van der Waals surface area contributed by atoms with Gasteiger partial charge in [-0.1, -0.05) is 6.42 Å². The second-order valence-electron chi connectivity index (χ2n) is 30.4. The third kappa shape index (κ3) is 23.3. The van der Waals surface area contributed by atoms with Crippen LogP contribution in [0.3, 0.4) is 0 Å². The lowest BCUT2D eigenvalue weighted by atomic mass is 9.95. The van der Waals surface area contributed by atoms with Gasteiger partial charge in [0.15, 0.2) is 71.8 Å². The summed E-state index contributed by atoms with van der Waals surface area (Å²) >= 11 is 16.3. The van der Waals surface area contributed by atoms with Gasteiger partial charge in [-0.15, -0.1) is 0 Å². The van der Waals surface area contributed by atoms with Crippen LogP contribution in [0.5, 0.6) is 0 Å². The number of ether oxygens (including phenoxy) is 16. The van der Waals surface area contributed by atoms with Crippen molar-refractivity contribution < 1.29 is 224 Å². The number of unbranched alkanes of at least 4 members (excludes halogenated alkanes) is 2. The molecule has 121 heavy (non-hydrogen) atoms. The Labute approximate surface area is 703 Å². The van der Waals surface area contributed by atoms with E-state index in [2.05, 4.69) is 37.2 Å². The van der Waals surface area contributed by atoms with E-state index in [-0.39, 0.29) is 47.8 Å². The van der Waals surface area contributed by atoms with Crippen LogP contribution in [-0.4, -0.2) is 526 Å². The summed E-state index contributed by atoms with van der Waals surface area (Å²) in [6.45, 7) is -8.92. The first-order valence-corrected chi connectivity index (χ1v) is 40.2. The van der Waals surface area contributed by atoms with Crippen molar-refractivity contribution in [2.75, 3.05) is 79.0 Å². The summed E-state index contributed by atoms with van der Waals surface area (Å²) in [5.41, 5.74) is 0. The highest BCUT2D eigenvalue weighted by Crippen LogP contribution is 2.40. The van der Waals surface area contributed by atoms with Crippen LogP contribution in [0, 0.1) is 0 Å². The van der Waals surface area contributed by atoms with E-state index in [9.17, 15) is 148 Å². The fraction of sp³-hybridized carbons (Fsp3) is 0.939. The van der Waals surface area contributed by atoms with Gasteiger partial charge in [-0.2, -0.15) is 0 Å². The highest BCUT2D eigenvalue weighted by atomic mass is 32.1. The average Bonchev–Trinajstić information content (AvgIpc) is 0.793. The van der Waals surface area contributed by atoms with E-state index in [1.54, 1.807) is 0 Å². The van der Waals surface area contributed by atoms with E-state index in [1.807, 2.05) is 0 Å². The molecule has 23 heterocycles. The first-order chi connectivity index (χ1) is 57.6. The van der Waals surface area contributed by atoms with Crippen molar-refractivity contribution in [3.8, 4) is 0 Å². The maximum Gasteiger partial charge on any atom is 0.220 e. The summed E-state index contributed by atoms with van der Waals surface area (Å²) in [5, 5.41) is 327. The molecule has 52 nitrogen and oxygen atoms in total. The minimum absolute atomic E-state index is 0.0934. The normalized spacial score (nSPS) is 47.0. The number of aliphatic hydroxyl groups is 28. The van der Waals surface area contributed by atoms with E-state index in [1.165, 1.54) is 0 Å². The van der Waals surface area contributed by atoms with Gasteiger partial charge in [0.05, 0.1) is 58.9 Å². The molecule has 45 atom stereocenters. The SMILES string of the molecule is O=C(CCCCCNC(=S)NC[C@H]1O[C@@H]2O[C@H]3[C@H](O)[C@@H](O)[C@@H](O[C@H]4[C@H](O)[C@@H](O)[C@@H](O[C@H]5[C@H](O)[C@@H](O)[C@@H](O[C@H]6[C@H](O)[C@@H](O)[C@@H](O[C@H]7[C@H](O)[C@@H](O)[C@@H](O[C@H]8[C@H](O)[C@@H](O)[C@@H](O[C@H]1[C@H](O)[C@H]2O)O[C@@H]8CO)O[C@@H]7CO)O[C@@H]6CO)O[C@@H]5CO)O[C@@H]4CO)O[C@@H]3CO)NC(CNC(=S)N[C@H]1O[C@H](CO)[C@@H](O)[C@H](O)[C@@H]1O)CNC(=S)N[C@H]1O[C@H](CO)[C@@H](O)[C@H](O)[C@@H]1O. The zero-order valence-electron chi connectivity index (χ0n) is 64.1. The first kappa shape index (κ1) is 99.9. The van der Waals surface area contributed by atoms with Gasteiger partial charge in [0.1, 0.15) is 220 Å². The number of hydrogen-bond acceptors (Lipinski definition) is 48. The van der Waals surface area contributed by atoms with Crippen molar-refractivity contribution in [1.82, 2.24) is 37.2 Å². The third-order valence-corrected chi connectivity index (χ3v) is 23.0. The van der Waals surface area contributed by atoms with Crippen LogP contribution >= 0.6 is 36.7 Å². The van der Waals surface area contributed by atoms with Crippen LogP contribution in [0.15, 0.2) is 0 Å². The average molecular weight is 1820 g/mol. The third-order valence-electron chi connectivity index (χ3n) is 22.1. The Morgan fingerprint density at radius 1 is 0.256 bits per heavy atom. The molecule has 0 aromatic carbocycles. The smallest absolute Gasteiger partial charge is 0.220 e. The highest BCUT2D eigenvalue weighted by molar-refractivity contribution is 7.80. The van der Waals surface area contributed by atoms with Crippen molar-refractivity contribution in [3.05, 3.63) is 0 Å². The van der Waals surface area contributed by atoms with Gasteiger partial charge in [-0.05, 0) is 49.5 Å². The van der Waals surface area contributed by atoms with Crippen LogP contribution in [0.1, 0.15) is 25.7 Å². The minimum Gasteiger partial charge on any atom is -0.394 e. The van der Waals surface area contributed by atoms with Crippen LogP contribution in [-0.2, 0) is 80.6 Å². The van der Waals surface area contributed by atoms with Gasteiger partial charge in [0.25, 0.3) is 0 Å². The predicted octanol–water partition coefficient (Wildman–Crippen LogP) is -21.2. The number of amides is 1. The van der Waals surface area contributed by atoms with Gasteiger partial charge in [0.2, 0.25) is 5.91 Å². The fourth-order valence-corrected chi connectivity index (χ4v) is 15.8. The highest BCUT2D eigenvalue weighted by Gasteiger charge is 2.60. The van der Waals surface area contributed by atoms with Crippen LogP contribution in [0.4, 0.5) is 0 Å². The van der Waals surface area contributed by atoms with Crippen molar-refractivity contribution in [3.63, 3.8) is 0 Å². The topological polar surface area (TPSA) is 815 Å². The molecule has 14 bridgehead atoms. The number of rotatable bonds is 23. The predicted molar refractivity (Wildman–Crippen MR) is 395 cm³/mol. The molecule has 0 saturated carbocycles. The molecule has 55 heteroatoms. The van der Waals surface area contributed by atoms with E-state index >= 15 is 0 Å². The summed E-state index contributed by atoms with van der Waals surface area (Å²) < 4.78 is 92.7. The van der Waals surface area contributed by atoms with E-state index < -0.39 is 348 Å². The van der Waals surface area contributed by atoms with Gasteiger partial charge < -0.3 is 256 Å². The first-order valence-electron chi connectivity index (χ1n) is 38.9. The number of carbonyl (C=O) groups is 1. The molecule has 0 unspecified atom stereocenters. The molecule has 23 fully saturated rings. The van der Waals surface area contributed by atoms with Crippen LogP contribution in [0.25, 0.3) is 0 Å². The van der Waals surface area contributed by atoms with Crippen molar-refractivity contribution in [1.29, 1.82) is 0 Å². The number of aliphatic hydroxyl groups excluding tert-OH is 28. The van der Waals surface area contributed by atoms with Crippen LogP contribution < -0.4 is 37.2 Å². The quantitative estimate of drug-likeness (QED) is 0.0334. The fourth-order valence-electron chi connectivity index (χ4n) is 15.2. The molecule has 1 amide bonds. The monoisotopic (exact) mass is 1820 g/mol. The Hall–Kier alpha value is -3.22. The maximum absolute atomic E-state index is 13.6. The van der Waals surface area contributed by atoms with E-state index in [4.69, 9.17) is 112 Å². The lowest BCUT2D eigenvalue weighted by Crippen LogP contribution is -2.68. The maximum atomic E-state index is 13.6. The second-order valence-corrected chi connectivity index (χ2v) is 31.6. The van der Waals surface area contributed by atoms with Crippen molar-refractivity contribution >= 4 is 57.9 Å². The number of thiocarbonyl (C=S) groups is 3. The van der Waals surface area contributed by atoms with Crippen molar-refractivity contribution in [2.24, 2.45) is 0 Å². The second kappa shape index (κ2) is 45.4. The Morgan fingerprint density at radius 2 is 0.512 bits per heavy atom. The molecule has 0 aromatic rings. The summed E-state index contributed by atoms with van der Waals surface area (Å²) in [6.07, 6.45) is -87.7. The summed E-state index contributed by atoms with van der Waals surface area (Å²) in [4.78, 5) is 13.6. The molecule has 0 aromatic heterocycles. The number of carbonyl (C=O) groups excluding carboxylic acids is 1. The minimum atomic E-state index is -2.31. The molecule has 23 saturated heterocycles. The molecule has 0 aliphatic carbocycles. The largest absolute Gasteiger partial charge is 0.394 e. The summed E-state index contributed by atoms with van der Waals surface area (Å²) in [7, 11) is 0. The zero-order chi connectivity index (χ0) is 88.4. The van der Waals surface area contributed by atoms with Gasteiger partial charge in [-0.3, -0.25) is 4.79 Å². The Kier molecular flexibility index (Phi) is 37.5. The Balaban J connectivity index is 0.822. The van der Waals surface area contributed by atoms with Gasteiger partial charge >= 0.3 is 0 Å². The zero-order valence-corrected chi connectivity index (χ0v) is 66.5. The lowest BCUT2D eigenvalue weighted by molar-refractivity contribution is -0.396. The molecule has 23 aliphatic heterocycles. The summed E-state index contributed by atoms with van der Waals surface area (Å²) in [6, 6.07) is -0.897. The molecule has 23 rings (SSSR count). The number of nitrogens with one attached hydrogen (secondary N) is 7. The Morgan fingerprint density at radius 3 is 0.777 bits per heavy atom. The number of hydrogen-bond donors (Lipinski definition) is 35. The lowest BCUT2D eigenvalue weighted by Gasteiger charge is -2.50. The van der Waals surface area contributed by atoms with Crippen LogP contribution in [0.2, 0.25) is 0 Å². The molecule has 0 radical (unpaired) electrons.